The molecular formula is C21H22F3NO3. The van der Waals surface area contributed by atoms with Crippen molar-refractivity contribution in [2.24, 2.45) is 5.41 Å². The Bertz CT molecular complexity index is 906. The summed E-state index contributed by atoms with van der Waals surface area (Å²) in [5.74, 6) is 0.165. The zero-order valence-electron chi connectivity index (χ0n) is 15.9. The third-order valence-electron chi connectivity index (χ3n) is 5.03. The van der Waals surface area contributed by atoms with Crippen LogP contribution < -0.4 is 10.1 Å². The quantitative estimate of drug-likeness (QED) is 0.704. The maximum Gasteiger partial charge on any atom is 0.416 e. The van der Waals surface area contributed by atoms with Crippen LogP contribution in [0, 0.1) is 5.41 Å². The van der Waals surface area contributed by atoms with Crippen molar-refractivity contribution in [1.82, 2.24) is 5.32 Å². The van der Waals surface area contributed by atoms with E-state index in [0.717, 1.165) is 23.3 Å². The molecule has 1 aliphatic rings. The van der Waals surface area contributed by atoms with Crippen LogP contribution in [0.3, 0.4) is 0 Å². The summed E-state index contributed by atoms with van der Waals surface area (Å²) in [5.41, 5.74) is 1.74. The van der Waals surface area contributed by atoms with Crippen molar-refractivity contribution in [3.05, 3.63) is 53.1 Å². The fourth-order valence-electron chi connectivity index (χ4n) is 3.81. The fraction of sp³-hybridized carbons (Fsp3) is 0.381. The van der Waals surface area contributed by atoms with Crippen LogP contribution in [0.2, 0.25) is 0 Å². The number of nitrogens with one attached hydrogen (secondary N) is 1. The third kappa shape index (κ3) is 3.93. The van der Waals surface area contributed by atoms with E-state index in [1.807, 2.05) is 19.9 Å². The fourth-order valence-corrected chi connectivity index (χ4v) is 3.81. The van der Waals surface area contributed by atoms with E-state index in [4.69, 9.17) is 9.84 Å². The Kier molecular flexibility index (Phi) is 5.04. The van der Waals surface area contributed by atoms with Crippen molar-refractivity contribution in [2.75, 3.05) is 6.61 Å². The zero-order valence-corrected chi connectivity index (χ0v) is 15.9. The van der Waals surface area contributed by atoms with Gasteiger partial charge in [0, 0.05) is 0 Å². The lowest BCUT2D eigenvalue weighted by Gasteiger charge is -2.27. The Morgan fingerprint density at radius 2 is 1.93 bits per heavy atom. The maximum atomic E-state index is 13.3. The summed E-state index contributed by atoms with van der Waals surface area (Å²) in [6, 6.07) is 8.69. The molecule has 0 radical (unpaired) electrons. The van der Waals surface area contributed by atoms with E-state index < -0.39 is 17.8 Å². The second-order valence-electron chi connectivity index (χ2n) is 7.64. The van der Waals surface area contributed by atoms with Crippen LogP contribution >= 0.6 is 0 Å². The number of alkyl halides is 3. The highest BCUT2D eigenvalue weighted by molar-refractivity contribution is 5.70. The topological polar surface area (TPSA) is 58.6 Å². The number of fused-ring (bicyclic) bond motifs is 1. The number of carbonyl (C=O) groups is 1. The van der Waals surface area contributed by atoms with Gasteiger partial charge in [-0.15, -0.1) is 0 Å². The molecule has 28 heavy (non-hydrogen) atoms. The first-order valence-electron chi connectivity index (χ1n) is 8.99. The lowest BCUT2D eigenvalue weighted by atomic mass is 9.85. The first-order valence-corrected chi connectivity index (χ1v) is 8.99. The van der Waals surface area contributed by atoms with Crippen molar-refractivity contribution in [3.63, 3.8) is 0 Å². The van der Waals surface area contributed by atoms with E-state index in [9.17, 15) is 18.0 Å². The minimum Gasteiger partial charge on any atom is -0.494 e. The Hall–Kier alpha value is -2.70. The molecule has 0 saturated carbocycles. The second kappa shape index (κ2) is 7.04. The van der Waals surface area contributed by atoms with E-state index in [1.54, 1.807) is 25.1 Å². The molecule has 2 aromatic rings. The molecule has 0 saturated heterocycles. The summed E-state index contributed by atoms with van der Waals surface area (Å²) < 4.78 is 45.2. The lowest BCUT2D eigenvalue weighted by molar-refractivity contribution is -0.137. The zero-order chi connectivity index (χ0) is 20.7. The van der Waals surface area contributed by atoms with E-state index in [0.29, 0.717) is 17.5 Å². The molecule has 0 fully saturated rings. The highest BCUT2D eigenvalue weighted by Crippen LogP contribution is 2.46. The Labute approximate surface area is 161 Å². The van der Waals surface area contributed by atoms with Crippen LogP contribution in [0.5, 0.6) is 5.75 Å². The third-order valence-corrected chi connectivity index (χ3v) is 5.03. The van der Waals surface area contributed by atoms with Crippen molar-refractivity contribution in [1.29, 1.82) is 0 Å². The predicted octanol–water partition coefficient (Wildman–Crippen LogP) is 5.66. The monoisotopic (exact) mass is 393 g/mol. The largest absolute Gasteiger partial charge is 0.494 e. The number of carboxylic acid groups (broad SMARTS) is 1. The summed E-state index contributed by atoms with van der Waals surface area (Å²) in [5, 5.41) is 11.7. The van der Waals surface area contributed by atoms with Gasteiger partial charge in [-0.05, 0) is 59.2 Å². The van der Waals surface area contributed by atoms with Gasteiger partial charge in [-0.25, -0.2) is 4.79 Å². The van der Waals surface area contributed by atoms with Gasteiger partial charge in [-0.2, -0.15) is 13.2 Å². The summed E-state index contributed by atoms with van der Waals surface area (Å²) in [6.45, 7) is 5.91. The van der Waals surface area contributed by atoms with Crippen LogP contribution in [0.4, 0.5) is 18.0 Å². The van der Waals surface area contributed by atoms with Crippen molar-refractivity contribution >= 4 is 6.09 Å². The van der Waals surface area contributed by atoms with Crippen molar-refractivity contribution in [2.45, 2.75) is 39.4 Å². The van der Waals surface area contributed by atoms with Gasteiger partial charge in [-0.1, -0.05) is 32.0 Å². The SMILES string of the molecule is CCOc1cc(-c2ccc3c(c2)CC(C)(C)C3NC(=O)O)cc(C(F)(F)F)c1. The molecule has 0 bridgehead atoms. The molecule has 1 atom stereocenters. The van der Waals surface area contributed by atoms with Gasteiger partial charge < -0.3 is 15.2 Å². The molecule has 4 nitrogen and oxygen atoms in total. The average Bonchev–Trinajstić information content (AvgIpc) is 2.83. The van der Waals surface area contributed by atoms with Crippen LogP contribution in [0.15, 0.2) is 36.4 Å². The van der Waals surface area contributed by atoms with Crippen LogP contribution in [0.1, 0.15) is 43.5 Å². The molecule has 1 amide bonds. The number of halogens is 3. The van der Waals surface area contributed by atoms with E-state index >= 15 is 0 Å². The van der Waals surface area contributed by atoms with Gasteiger partial charge in [0.15, 0.2) is 0 Å². The minimum atomic E-state index is -4.48. The summed E-state index contributed by atoms with van der Waals surface area (Å²) in [6.07, 6.45) is -4.95. The molecule has 1 unspecified atom stereocenters. The summed E-state index contributed by atoms with van der Waals surface area (Å²) in [4.78, 5) is 11.1. The lowest BCUT2D eigenvalue weighted by Crippen LogP contribution is -2.34. The Balaban J connectivity index is 2.05. The number of benzene rings is 2. The summed E-state index contributed by atoms with van der Waals surface area (Å²) in [7, 11) is 0. The molecular weight excluding hydrogens is 371 g/mol. The number of rotatable bonds is 4. The molecule has 1 aliphatic carbocycles. The average molecular weight is 393 g/mol. The molecule has 3 rings (SSSR count). The minimum absolute atomic E-state index is 0.165. The highest BCUT2D eigenvalue weighted by Gasteiger charge is 2.40. The molecule has 2 N–H and O–H groups in total. The first-order chi connectivity index (χ1) is 13.0. The van der Waals surface area contributed by atoms with Gasteiger partial charge in [0.25, 0.3) is 0 Å². The maximum absolute atomic E-state index is 13.3. The van der Waals surface area contributed by atoms with Gasteiger partial charge in [-0.3, -0.25) is 0 Å². The summed E-state index contributed by atoms with van der Waals surface area (Å²) >= 11 is 0. The van der Waals surface area contributed by atoms with E-state index in [-0.39, 0.29) is 23.8 Å². The van der Waals surface area contributed by atoms with Gasteiger partial charge in [0.2, 0.25) is 0 Å². The van der Waals surface area contributed by atoms with E-state index in [1.165, 1.54) is 0 Å². The van der Waals surface area contributed by atoms with Gasteiger partial charge in [0.1, 0.15) is 5.75 Å². The molecule has 150 valence electrons. The van der Waals surface area contributed by atoms with Crippen LogP contribution in [-0.2, 0) is 12.6 Å². The second-order valence-corrected chi connectivity index (χ2v) is 7.64. The highest BCUT2D eigenvalue weighted by atomic mass is 19.4. The number of hydrogen-bond donors (Lipinski definition) is 2. The number of ether oxygens (including phenoxy) is 1. The van der Waals surface area contributed by atoms with E-state index in [2.05, 4.69) is 5.32 Å². The molecule has 0 spiro atoms. The molecule has 0 aliphatic heterocycles. The van der Waals surface area contributed by atoms with Crippen LogP contribution in [0.25, 0.3) is 11.1 Å². The molecule has 7 heteroatoms. The van der Waals surface area contributed by atoms with Crippen molar-refractivity contribution < 1.29 is 27.8 Å². The molecule has 0 aromatic heterocycles. The first kappa shape index (κ1) is 20.0. The standard InChI is InChI=1S/C21H22F3NO3/c1-4-28-16-9-13(8-15(10-16)21(22,23)24)12-5-6-17-14(7-12)11-20(2,3)18(17)25-19(26)27/h5-10,18,25H,4,11H2,1-3H3,(H,26,27). The van der Waals surface area contributed by atoms with Gasteiger partial charge >= 0.3 is 12.3 Å². The number of amides is 1. The Morgan fingerprint density at radius 3 is 2.54 bits per heavy atom. The van der Waals surface area contributed by atoms with Crippen molar-refractivity contribution in [3.8, 4) is 16.9 Å². The molecule has 2 aromatic carbocycles. The smallest absolute Gasteiger partial charge is 0.416 e. The van der Waals surface area contributed by atoms with Gasteiger partial charge in [0.05, 0.1) is 18.2 Å². The number of hydrogen-bond acceptors (Lipinski definition) is 2. The normalized spacial score (nSPS) is 17.9. The molecule has 0 heterocycles. The predicted molar refractivity (Wildman–Crippen MR) is 99.4 cm³/mol. The Morgan fingerprint density at radius 1 is 1.21 bits per heavy atom. The van der Waals surface area contributed by atoms with Crippen LogP contribution in [-0.4, -0.2) is 17.8 Å².